The van der Waals surface area contributed by atoms with Gasteiger partial charge in [0.2, 0.25) is 0 Å². The zero-order chi connectivity index (χ0) is 11.9. The van der Waals surface area contributed by atoms with Gasteiger partial charge in [-0.2, -0.15) is 0 Å². The minimum absolute atomic E-state index is 0.937. The van der Waals surface area contributed by atoms with Gasteiger partial charge in [-0.15, -0.1) is 0 Å². The molecule has 3 aromatic heterocycles. The number of hydrogen-bond donors (Lipinski definition) is 1. The molecule has 0 bridgehead atoms. The van der Waals surface area contributed by atoms with Crippen LogP contribution in [0.2, 0.25) is 0 Å². The molecule has 18 heavy (non-hydrogen) atoms. The molecule has 90 valence electrons. The summed E-state index contributed by atoms with van der Waals surface area (Å²) in [5, 5.41) is 1.17. The fourth-order valence-corrected chi connectivity index (χ4v) is 2.61. The lowest BCUT2D eigenvalue weighted by Gasteiger charge is -2.29. The van der Waals surface area contributed by atoms with E-state index in [1.54, 1.807) is 0 Å². The zero-order valence-electron chi connectivity index (χ0n) is 10.0. The average Bonchev–Trinajstić information content (AvgIpc) is 3.05. The van der Waals surface area contributed by atoms with Crippen LogP contribution in [0.4, 0.5) is 5.82 Å². The van der Waals surface area contributed by atoms with Gasteiger partial charge in [0, 0.05) is 36.6 Å². The van der Waals surface area contributed by atoms with Crippen LogP contribution < -0.4 is 4.90 Å². The highest BCUT2D eigenvalue weighted by Gasteiger charge is 2.16. The molecule has 0 aliphatic carbocycles. The summed E-state index contributed by atoms with van der Waals surface area (Å²) >= 11 is 0. The second-order valence-electron chi connectivity index (χ2n) is 4.70. The van der Waals surface area contributed by atoms with Gasteiger partial charge in [0.05, 0.1) is 6.54 Å². The maximum absolute atomic E-state index is 4.68. The highest BCUT2D eigenvalue weighted by Crippen LogP contribution is 2.21. The maximum atomic E-state index is 4.68. The van der Waals surface area contributed by atoms with E-state index in [9.17, 15) is 0 Å². The Labute approximate surface area is 105 Å². The Morgan fingerprint density at radius 3 is 3.11 bits per heavy atom. The van der Waals surface area contributed by atoms with Crippen molar-refractivity contribution in [2.24, 2.45) is 0 Å². The van der Waals surface area contributed by atoms with Crippen LogP contribution in [0.15, 0.2) is 42.7 Å². The van der Waals surface area contributed by atoms with E-state index in [0.29, 0.717) is 0 Å². The summed E-state index contributed by atoms with van der Waals surface area (Å²) in [4.78, 5) is 10.2. The highest BCUT2D eigenvalue weighted by atomic mass is 15.2. The summed E-state index contributed by atoms with van der Waals surface area (Å²) < 4.78 is 2.31. The molecule has 4 nitrogen and oxygen atoms in total. The first-order chi connectivity index (χ1) is 8.90. The van der Waals surface area contributed by atoms with Crippen molar-refractivity contribution in [3.63, 3.8) is 0 Å². The third-order valence-corrected chi connectivity index (χ3v) is 3.61. The third-order valence-electron chi connectivity index (χ3n) is 3.61. The van der Waals surface area contributed by atoms with Crippen molar-refractivity contribution < 1.29 is 0 Å². The Hall–Kier alpha value is -2.23. The van der Waals surface area contributed by atoms with Crippen LogP contribution in [0, 0.1) is 0 Å². The average molecular weight is 238 g/mol. The predicted octanol–water partition coefficient (Wildman–Crippen LogP) is 2.38. The SMILES string of the molecule is c1cc2n(c1)CCN(c1ccc3cc[nH]c3n1)C2. The lowest BCUT2D eigenvalue weighted by atomic mass is 10.2. The molecular weight excluding hydrogens is 224 g/mol. The fourth-order valence-electron chi connectivity index (χ4n) is 2.61. The number of hydrogen-bond acceptors (Lipinski definition) is 2. The van der Waals surface area contributed by atoms with Gasteiger partial charge < -0.3 is 14.5 Å². The van der Waals surface area contributed by atoms with Crippen LogP contribution in [0.5, 0.6) is 0 Å². The largest absolute Gasteiger partial charge is 0.349 e. The Balaban J connectivity index is 1.71. The van der Waals surface area contributed by atoms with Gasteiger partial charge in [-0.3, -0.25) is 0 Å². The van der Waals surface area contributed by atoms with Crippen molar-refractivity contribution in [1.82, 2.24) is 14.5 Å². The number of nitrogens with zero attached hydrogens (tertiary/aromatic N) is 3. The number of fused-ring (bicyclic) bond motifs is 2. The molecule has 1 aliphatic heterocycles. The molecule has 0 atom stereocenters. The van der Waals surface area contributed by atoms with Crippen molar-refractivity contribution in [2.75, 3.05) is 11.4 Å². The molecule has 1 aliphatic rings. The van der Waals surface area contributed by atoms with E-state index in [2.05, 4.69) is 49.9 Å². The van der Waals surface area contributed by atoms with Crippen LogP contribution in [-0.4, -0.2) is 21.1 Å². The van der Waals surface area contributed by atoms with E-state index < -0.39 is 0 Å². The molecule has 3 aromatic rings. The van der Waals surface area contributed by atoms with E-state index in [0.717, 1.165) is 31.1 Å². The Morgan fingerprint density at radius 2 is 2.11 bits per heavy atom. The Kier molecular flexibility index (Phi) is 1.97. The molecule has 4 heteroatoms. The zero-order valence-corrected chi connectivity index (χ0v) is 10.0. The van der Waals surface area contributed by atoms with Crippen molar-refractivity contribution >= 4 is 16.9 Å². The van der Waals surface area contributed by atoms with Gasteiger partial charge in [-0.05, 0) is 30.3 Å². The summed E-state index contributed by atoms with van der Waals surface area (Å²) in [6.07, 6.45) is 4.08. The maximum Gasteiger partial charge on any atom is 0.139 e. The summed E-state index contributed by atoms with van der Waals surface area (Å²) in [6, 6.07) is 10.6. The van der Waals surface area contributed by atoms with Gasteiger partial charge in [-0.25, -0.2) is 4.98 Å². The van der Waals surface area contributed by atoms with E-state index in [1.165, 1.54) is 11.1 Å². The van der Waals surface area contributed by atoms with E-state index in [1.807, 2.05) is 12.3 Å². The Bertz CT molecular complexity index is 694. The number of aromatic amines is 1. The van der Waals surface area contributed by atoms with Crippen molar-refractivity contribution in [2.45, 2.75) is 13.1 Å². The fraction of sp³-hybridized carbons (Fsp3) is 0.214. The minimum Gasteiger partial charge on any atom is -0.349 e. The summed E-state index contributed by atoms with van der Waals surface area (Å²) in [6.45, 7) is 2.99. The van der Waals surface area contributed by atoms with Gasteiger partial charge in [-0.1, -0.05) is 0 Å². The molecule has 0 unspecified atom stereocenters. The molecular formula is C14H14N4. The molecule has 0 saturated carbocycles. The van der Waals surface area contributed by atoms with Crippen LogP contribution in [0.1, 0.15) is 5.69 Å². The predicted molar refractivity (Wildman–Crippen MR) is 71.6 cm³/mol. The number of aromatic nitrogens is 3. The molecule has 0 saturated heterocycles. The second kappa shape index (κ2) is 3.63. The van der Waals surface area contributed by atoms with Gasteiger partial charge in [0.1, 0.15) is 11.5 Å². The highest BCUT2D eigenvalue weighted by molar-refractivity contribution is 5.77. The molecule has 4 rings (SSSR count). The van der Waals surface area contributed by atoms with Crippen LogP contribution in [0.25, 0.3) is 11.0 Å². The first kappa shape index (κ1) is 9.76. The molecule has 0 fully saturated rings. The van der Waals surface area contributed by atoms with Crippen molar-refractivity contribution in [1.29, 1.82) is 0 Å². The smallest absolute Gasteiger partial charge is 0.139 e. The van der Waals surface area contributed by atoms with Gasteiger partial charge >= 0.3 is 0 Å². The normalized spacial score (nSPS) is 15.0. The van der Waals surface area contributed by atoms with Gasteiger partial charge in [0.25, 0.3) is 0 Å². The molecule has 0 amide bonds. The van der Waals surface area contributed by atoms with E-state index >= 15 is 0 Å². The number of anilines is 1. The van der Waals surface area contributed by atoms with Crippen LogP contribution >= 0.6 is 0 Å². The Morgan fingerprint density at radius 1 is 1.11 bits per heavy atom. The van der Waals surface area contributed by atoms with E-state index in [4.69, 9.17) is 0 Å². The van der Waals surface area contributed by atoms with Crippen LogP contribution in [-0.2, 0) is 13.1 Å². The minimum atomic E-state index is 0.937. The quantitative estimate of drug-likeness (QED) is 0.706. The molecule has 0 aromatic carbocycles. The number of rotatable bonds is 1. The molecule has 0 radical (unpaired) electrons. The number of H-pyrrole nitrogens is 1. The van der Waals surface area contributed by atoms with Crippen LogP contribution in [0.3, 0.4) is 0 Å². The molecule has 4 heterocycles. The monoisotopic (exact) mass is 238 g/mol. The number of pyridine rings is 1. The number of nitrogens with one attached hydrogen (secondary N) is 1. The third kappa shape index (κ3) is 1.42. The summed E-state index contributed by atoms with van der Waals surface area (Å²) in [7, 11) is 0. The van der Waals surface area contributed by atoms with Gasteiger partial charge in [0.15, 0.2) is 0 Å². The first-order valence-corrected chi connectivity index (χ1v) is 6.23. The lowest BCUT2D eigenvalue weighted by molar-refractivity contribution is 0.569. The van der Waals surface area contributed by atoms with Crippen molar-refractivity contribution in [3.8, 4) is 0 Å². The lowest BCUT2D eigenvalue weighted by Crippen LogP contribution is -2.33. The topological polar surface area (TPSA) is 36.9 Å². The molecule has 1 N–H and O–H groups in total. The molecule has 0 spiro atoms. The standard InChI is InChI=1S/C14H14N4/c1-2-12-10-18(9-8-17(12)7-1)13-4-3-11-5-6-15-14(11)16-13/h1-7H,8-10H2,(H,15,16). The first-order valence-electron chi connectivity index (χ1n) is 6.23. The summed E-state index contributed by atoms with van der Waals surface area (Å²) in [5.41, 5.74) is 2.32. The van der Waals surface area contributed by atoms with Crippen molar-refractivity contribution in [3.05, 3.63) is 48.4 Å². The second-order valence-corrected chi connectivity index (χ2v) is 4.70. The van der Waals surface area contributed by atoms with E-state index in [-0.39, 0.29) is 0 Å². The summed E-state index contributed by atoms with van der Waals surface area (Å²) in [5.74, 6) is 1.05.